The normalized spacial score (nSPS) is 11.0. The van der Waals surface area contributed by atoms with Gasteiger partial charge in [0.25, 0.3) is 5.56 Å². The molecular weight excluding hydrogens is 452 g/mol. The summed E-state index contributed by atoms with van der Waals surface area (Å²) in [6, 6.07) is 17.2. The summed E-state index contributed by atoms with van der Waals surface area (Å²) < 4.78 is 2.27. The Morgan fingerprint density at radius 1 is 1.17 bits per heavy atom. The Labute approximate surface area is 179 Å². The maximum atomic E-state index is 12.7. The number of aromatic nitrogens is 3. The second-order valence-electron chi connectivity index (χ2n) is 6.37. The van der Waals surface area contributed by atoms with Gasteiger partial charge < -0.3 is 10.3 Å². The summed E-state index contributed by atoms with van der Waals surface area (Å²) in [7, 11) is 1.66. The molecule has 0 atom stereocenters. The molecule has 2 aromatic heterocycles. The van der Waals surface area contributed by atoms with Crippen LogP contribution in [0, 0.1) is 0 Å². The molecule has 0 saturated carbocycles. The molecule has 2 heterocycles. The number of nitrogens with zero attached hydrogens (tertiary/aromatic N) is 2. The average Bonchev–Trinajstić information content (AvgIpc) is 3.16. The van der Waals surface area contributed by atoms with Gasteiger partial charge in [-0.15, -0.1) is 0 Å². The smallest absolute Gasteiger partial charge is 0.278 e. The third-order valence-corrected chi connectivity index (χ3v) is 6.15. The summed E-state index contributed by atoms with van der Waals surface area (Å²) in [5.41, 5.74) is 3.42. The van der Waals surface area contributed by atoms with Crippen LogP contribution in [0.25, 0.3) is 22.2 Å². The molecule has 4 aromatic rings. The van der Waals surface area contributed by atoms with Crippen molar-refractivity contribution in [3.63, 3.8) is 0 Å². The molecule has 0 aliphatic carbocycles. The van der Waals surface area contributed by atoms with Crippen LogP contribution in [-0.4, -0.2) is 26.2 Å². The van der Waals surface area contributed by atoms with Crippen molar-refractivity contribution >= 4 is 50.3 Å². The van der Waals surface area contributed by atoms with E-state index in [1.807, 2.05) is 54.6 Å². The Balaban J connectivity index is 1.60. The Kier molecular flexibility index (Phi) is 5.55. The predicted molar refractivity (Wildman–Crippen MR) is 120 cm³/mol. The fourth-order valence-corrected chi connectivity index (χ4v) is 4.11. The summed E-state index contributed by atoms with van der Waals surface area (Å²) in [4.78, 5) is 32.8. The van der Waals surface area contributed by atoms with Gasteiger partial charge in [-0.25, -0.2) is 4.98 Å². The Bertz CT molecular complexity index is 1250. The zero-order valence-corrected chi connectivity index (χ0v) is 17.9. The van der Waals surface area contributed by atoms with Crippen molar-refractivity contribution in [3.8, 4) is 11.1 Å². The highest BCUT2D eigenvalue weighted by Crippen LogP contribution is 2.27. The maximum absolute atomic E-state index is 12.7. The quantitative estimate of drug-likeness (QED) is 0.335. The van der Waals surface area contributed by atoms with Crippen LogP contribution in [0.15, 0.2) is 75.2 Å². The molecule has 29 heavy (non-hydrogen) atoms. The number of carbonyl (C=O) groups excluding carboxylic acids is 1. The van der Waals surface area contributed by atoms with E-state index < -0.39 is 0 Å². The summed E-state index contributed by atoms with van der Waals surface area (Å²) in [5.74, 6) is -0.0355. The number of H-pyrrole nitrogens is 1. The van der Waals surface area contributed by atoms with E-state index in [-0.39, 0.29) is 17.2 Å². The number of benzene rings is 2. The number of thioether (sulfide) groups is 1. The maximum Gasteiger partial charge on any atom is 0.278 e. The molecule has 0 saturated heterocycles. The zero-order chi connectivity index (χ0) is 20.4. The van der Waals surface area contributed by atoms with Crippen LogP contribution in [-0.2, 0) is 11.8 Å². The third-order valence-electron chi connectivity index (χ3n) is 4.43. The first-order valence-corrected chi connectivity index (χ1v) is 10.6. The van der Waals surface area contributed by atoms with Crippen molar-refractivity contribution in [2.24, 2.45) is 7.05 Å². The van der Waals surface area contributed by atoms with Gasteiger partial charge in [-0.1, -0.05) is 54.2 Å². The molecule has 0 bridgehead atoms. The second kappa shape index (κ2) is 8.26. The summed E-state index contributed by atoms with van der Waals surface area (Å²) in [5, 5.41) is 3.34. The summed E-state index contributed by atoms with van der Waals surface area (Å²) in [6.45, 7) is 0. The van der Waals surface area contributed by atoms with E-state index >= 15 is 0 Å². The summed E-state index contributed by atoms with van der Waals surface area (Å²) in [6.07, 6.45) is 1.79. The Morgan fingerprint density at radius 3 is 2.66 bits per heavy atom. The number of rotatable bonds is 5. The predicted octanol–water partition coefficient (Wildman–Crippen LogP) is 4.42. The number of nitrogens with one attached hydrogen (secondary N) is 2. The number of hydrogen-bond acceptors (Lipinski definition) is 4. The average molecular weight is 469 g/mol. The van der Waals surface area contributed by atoms with Crippen LogP contribution in [0.1, 0.15) is 0 Å². The molecule has 1 amide bonds. The van der Waals surface area contributed by atoms with E-state index in [9.17, 15) is 9.59 Å². The lowest BCUT2D eigenvalue weighted by Gasteiger charge is -2.09. The highest BCUT2D eigenvalue weighted by Gasteiger charge is 2.16. The molecule has 0 spiro atoms. The molecule has 6 nitrogen and oxygen atoms in total. The molecule has 0 aliphatic rings. The molecule has 0 radical (unpaired) electrons. The summed E-state index contributed by atoms with van der Waals surface area (Å²) >= 11 is 4.64. The minimum atomic E-state index is -0.175. The first-order valence-electron chi connectivity index (χ1n) is 8.85. The minimum Gasteiger partial charge on any atom is -0.355 e. The van der Waals surface area contributed by atoms with Gasteiger partial charge in [0.2, 0.25) is 5.91 Å². The van der Waals surface area contributed by atoms with E-state index in [1.165, 1.54) is 16.3 Å². The monoisotopic (exact) mass is 468 g/mol. The number of amides is 1. The number of carbonyl (C=O) groups is 1. The molecule has 8 heteroatoms. The van der Waals surface area contributed by atoms with Crippen LogP contribution in [0.2, 0.25) is 0 Å². The van der Waals surface area contributed by atoms with Crippen molar-refractivity contribution in [2.75, 3.05) is 11.1 Å². The lowest BCUT2D eigenvalue weighted by atomic mass is 10.1. The van der Waals surface area contributed by atoms with Crippen LogP contribution in [0.4, 0.5) is 5.69 Å². The van der Waals surface area contributed by atoms with E-state index in [1.54, 1.807) is 13.2 Å². The largest absolute Gasteiger partial charge is 0.355 e. The fraction of sp³-hybridized carbons (Fsp3) is 0.0952. The lowest BCUT2D eigenvalue weighted by molar-refractivity contribution is -0.113. The first kappa shape index (κ1) is 19.5. The van der Waals surface area contributed by atoms with E-state index in [4.69, 9.17) is 0 Å². The number of halogens is 1. The van der Waals surface area contributed by atoms with E-state index in [0.29, 0.717) is 21.9 Å². The third kappa shape index (κ3) is 3.99. The molecule has 4 rings (SSSR count). The van der Waals surface area contributed by atoms with Gasteiger partial charge in [0.1, 0.15) is 11.0 Å². The van der Waals surface area contributed by atoms with Crippen LogP contribution in [0.5, 0.6) is 0 Å². The van der Waals surface area contributed by atoms with Crippen LogP contribution < -0.4 is 10.9 Å². The second-order valence-corrected chi connectivity index (χ2v) is 8.16. The number of fused-ring (bicyclic) bond motifs is 1. The van der Waals surface area contributed by atoms with Crippen LogP contribution in [0.3, 0.4) is 0 Å². The van der Waals surface area contributed by atoms with Crippen molar-refractivity contribution in [3.05, 3.63) is 75.6 Å². The molecule has 0 unspecified atom stereocenters. The molecule has 0 fully saturated rings. The Hall–Kier alpha value is -2.84. The minimum absolute atomic E-state index is 0.137. The van der Waals surface area contributed by atoms with Gasteiger partial charge in [-0.3, -0.25) is 14.2 Å². The first-order chi connectivity index (χ1) is 14.0. The van der Waals surface area contributed by atoms with Gasteiger partial charge in [0.15, 0.2) is 5.16 Å². The van der Waals surface area contributed by atoms with Gasteiger partial charge >= 0.3 is 0 Å². The zero-order valence-electron chi connectivity index (χ0n) is 15.5. The topological polar surface area (TPSA) is 79.8 Å². The molecule has 2 aromatic carbocycles. The van der Waals surface area contributed by atoms with Gasteiger partial charge in [0.05, 0.1) is 11.4 Å². The molecule has 0 aliphatic heterocycles. The SMILES string of the molecule is Cn1c(SCC(=O)Nc2ccccc2Br)nc2c(-c3ccccc3)c[nH]c2c1=O. The van der Waals surface area contributed by atoms with Gasteiger partial charge in [-0.2, -0.15) is 0 Å². The number of aromatic amines is 1. The number of hydrogen-bond donors (Lipinski definition) is 2. The molecule has 146 valence electrons. The molecule has 2 N–H and O–H groups in total. The van der Waals surface area contributed by atoms with E-state index in [2.05, 4.69) is 31.2 Å². The highest BCUT2D eigenvalue weighted by atomic mass is 79.9. The van der Waals surface area contributed by atoms with Crippen molar-refractivity contribution < 1.29 is 4.79 Å². The molecular formula is C21H17BrN4O2S. The highest BCUT2D eigenvalue weighted by molar-refractivity contribution is 9.10. The van der Waals surface area contributed by atoms with Crippen LogP contribution >= 0.6 is 27.7 Å². The van der Waals surface area contributed by atoms with Crippen molar-refractivity contribution in [1.29, 1.82) is 0 Å². The van der Waals surface area contributed by atoms with Gasteiger partial charge in [0, 0.05) is 23.3 Å². The fourth-order valence-electron chi connectivity index (χ4n) is 2.97. The number of anilines is 1. The van der Waals surface area contributed by atoms with Crippen molar-refractivity contribution in [2.45, 2.75) is 5.16 Å². The van der Waals surface area contributed by atoms with E-state index in [0.717, 1.165) is 15.6 Å². The van der Waals surface area contributed by atoms with Gasteiger partial charge in [-0.05, 0) is 33.6 Å². The lowest BCUT2D eigenvalue weighted by Crippen LogP contribution is -2.21. The van der Waals surface area contributed by atoms with Crippen molar-refractivity contribution in [1.82, 2.24) is 14.5 Å². The Morgan fingerprint density at radius 2 is 1.90 bits per heavy atom. The standard InChI is InChI=1S/C21H17BrN4O2S/c1-26-20(28)19-18(14(11-23-19)13-7-3-2-4-8-13)25-21(26)29-12-17(27)24-16-10-6-5-9-15(16)22/h2-11,23H,12H2,1H3,(H,24,27). The number of para-hydroxylation sites is 1.